The molecule has 2 aromatic rings. The van der Waals surface area contributed by atoms with Crippen LogP contribution >= 0.6 is 22.6 Å². The summed E-state index contributed by atoms with van der Waals surface area (Å²) in [4.78, 5) is 11.6. The predicted octanol–water partition coefficient (Wildman–Crippen LogP) is 3.60. The molecule has 4 heteroatoms. The van der Waals surface area contributed by atoms with E-state index in [0.29, 0.717) is 5.58 Å². The summed E-state index contributed by atoms with van der Waals surface area (Å²) < 4.78 is 11.6. The number of ether oxygens (including phenoxy) is 1. The van der Waals surface area contributed by atoms with Crippen LogP contribution in [0.2, 0.25) is 0 Å². The lowest BCUT2D eigenvalue weighted by atomic mass is 10.2. The second-order valence-corrected chi connectivity index (χ2v) is 4.99. The standard InChI is InChI=1S/C12H11IO3/c1-7(2)15-12(14)11-5-8-3-4-9(13)6-10(8)16-11/h3-7H,1-2H3. The molecule has 0 radical (unpaired) electrons. The molecule has 0 aliphatic rings. The van der Waals surface area contributed by atoms with Crippen LogP contribution in [0.15, 0.2) is 28.7 Å². The molecule has 0 amide bonds. The second kappa shape index (κ2) is 4.45. The van der Waals surface area contributed by atoms with E-state index < -0.39 is 5.97 Å². The molecule has 1 aromatic heterocycles. The van der Waals surface area contributed by atoms with Gasteiger partial charge in [-0.25, -0.2) is 4.79 Å². The molecule has 16 heavy (non-hydrogen) atoms. The normalized spacial score (nSPS) is 11.0. The van der Waals surface area contributed by atoms with Gasteiger partial charge in [-0.2, -0.15) is 0 Å². The van der Waals surface area contributed by atoms with Crippen LogP contribution in [0.3, 0.4) is 0 Å². The Balaban J connectivity index is 2.36. The summed E-state index contributed by atoms with van der Waals surface area (Å²) in [5.41, 5.74) is 0.711. The summed E-state index contributed by atoms with van der Waals surface area (Å²) in [5, 5.41) is 0.913. The summed E-state index contributed by atoms with van der Waals surface area (Å²) in [6.07, 6.45) is -0.138. The van der Waals surface area contributed by atoms with Crippen LogP contribution in [0.4, 0.5) is 0 Å². The molecule has 1 aromatic carbocycles. The van der Waals surface area contributed by atoms with Crippen LogP contribution in [0, 0.1) is 3.57 Å². The minimum Gasteiger partial charge on any atom is -0.457 e. The van der Waals surface area contributed by atoms with Gasteiger partial charge in [-0.15, -0.1) is 0 Å². The zero-order chi connectivity index (χ0) is 11.7. The third-order valence-corrected chi connectivity index (χ3v) is 2.70. The van der Waals surface area contributed by atoms with Crippen molar-refractivity contribution in [2.75, 3.05) is 0 Å². The summed E-state index contributed by atoms with van der Waals surface area (Å²) >= 11 is 2.20. The van der Waals surface area contributed by atoms with E-state index in [1.807, 2.05) is 32.0 Å². The van der Waals surface area contributed by atoms with Crippen LogP contribution in [-0.4, -0.2) is 12.1 Å². The predicted molar refractivity (Wildman–Crippen MR) is 69.5 cm³/mol. The maximum absolute atomic E-state index is 11.6. The molecule has 0 aliphatic heterocycles. The van der Waals surface area contributed by atoms with Crippen molar-refractivity contribution in [2.24, 2.45) is 0 Å². The fraction of sp³-hybridized carbons (Fsp3) is 0.250. The van der Waals surface area contributed by atoms with Crippen molar-refractivity contribution in [1.82, 2.24) is 0 Å². The van der Waals surface area contributed by atoms with Gasteiger partial charge < -0.3 is 9.15 Å². The van der Waals surface area contributed by atoms with Crippen molar-refractivity contribution >= 4 is 39.5 Å². The van der Waals surface area contributed by atoms with E-state index in [2.05, 4.69) is 22.6 Å². The van der Waals surface area contributed by atoms with Gasteiger partial charge in [0.1, 0.15) is 5.58 Å². The molecular formula is C12H11IO3. The Morgan fingerprint density at radius 1 is 1.38 bits per heavy atom. The molecule has 0 atom stereocenters. The number of hydrogen-bond donors (Lipinski definition) is 0. The van der Waals surface area contributed by atoms with Gasteiger partial charge >= 0.3 is 5.97 Å². The highest BCUT2D eigenvalue weighted by Crippen LogP contribution is 2.22. The van der Waals surface area contributed by atoms with E-state index in [-0.39, 0.29) is 11.9 Å². The molecule has 2 rings (SSSR count). The summed E-state index contributed by atoms with van der Waals surface area (Å²) in [5.74, 6) is -0.160. The highest BCUT2D eigenvalue weighted by Gasteiger charge is 2.14. The van der Waals surface area contributed by atoms with E-state index in [1.165, 1.54) is 0 Å². The number of esters is 1. The van der Waals surface area contributed by atoms with Gasteiger partial charge in [0, 0.05) is 8.96 Å². The Kier molecular flexibility index (Phi) is 3.18. The lowest BCUT2D eigenvalue weighted by Crippen LogP contribution is -2.10. The number of carbonyl (C=O) groups is 1. The second-order valence-electron chi connectivity index (χ2n) is 3.75. The summed E-state index contributed by atoms with van der Waals surface area (Å²) in [7, 11) is 0. The van der Waals surface area contributed by atoms with Crippen molar-refractivity contribution in [2.45, 2.75) is 20.0 Å². The average molecular weight is 330 g/mol. The molecule has 0 N–H and O–H groups in total. The number of rotatable bonds is 2. The molecule has 0 unspecified atom stereocenters. The number of benzene rings is 1. The summed E-state index contributed by atoms with van der Waals surface area (Å²) in [6.45, 7) is 3.62. The van der Waals surface area contributed by atoms with E-state index in [9.17, 15) is 4.79 Å². The smallest absolute Gasteiger partial charge is 0.374 e. The van der Waals surface area contributed by atoms with Gasteiger partial charge in [0.25, 0.3) is 0 Å². The Labute approximate surface area is 107 Å². The molecule has 0 aliphatic carbocycles. The van der Waals surface area contributed by atoms with Crippen molar-refractivity contribution in [3.63, 3.8) is 0 Å². The fourth-order valence-electron chi connectivity index (χ4n) is 1.38. The van der Waals surface area contributed by atoms with Gasteiger partial charge in [0.2, 0.25) is 5.76 Å². The fourth-order valence-corrected chi connectivity index (χ4v) is 1.84. The maximum atomic E-state index is 11.6. The number of furan rings is 1. The number of fused-ring (bicyclic) bond motifs is 1. The van der Waals surface area contributed by atoms with E-state index in [1.54, 1.807) is 6.07 Å². The minimum absolute atomic E-state index is 0.138. The van der Waals surface area contributed by atoms with Gasteiger partial charge in [-0.05, 0) is 54.6 Å². The molecule has 1 heterocycles. The van der Waals surface area contributed by atoms with Crippen molar-refractivity contribution < 1.29 is 13.9 Å². The van der Waals surface area contributed by atoms with Gasteiger partial charge in [0.15, 0.2) is 0 Å². The monoisotopic (exact) mass is 330 g/mol. The first-order chi connectivity index (χ1) is 7.56. The van der Waals surface area contributed by atoms with Gasteiger partial charge in [-0.3, -0.25) is 0 Å². The third-order valence-electron chi connectivity index (χ3n) is 2.03. The van der Waals surface area contributed by atoms with Crippen molar-refractivity contribution in [1.29, 1.82) is 0 Å². The molecule has 0 saturated carbocycles. The first-order valence-electron chi connectivity index (χ1n) is 4.96. The molecular weight excluding hydrogens is 319 g/mol. The van der Waals surface area contributed by atoms with Crippen molar-refractivity contribution in [3.8, 4) is 0 Å². The molecule has 3 nitrogen and oxygen atoms in total. The Hall–Kier alpha value is -1.04. The number of halogens is 1. The zero-order valence-corrected chi connectivity index (χ0v) is 11.1. The SMILES string of the molecule is CC(C)OC(=O)c1cc2ccc(I)cc2o1. The third kappa shape index (κ3) is 2.37. The quantitative estimate of drug-likeness (QED) is 0.624. The Bertz CT molecular complexity index is 528. The number of hydrogen-bond acceptors (Lipinski definition) is 3. The molecule has 0 spiro atoms. The molecule has 0 fully saturated rings. The summed E-state index contributed by atoms with van der Waals surface area (Å²) in [6, 6.07) is 7.49. The van der Waals surface area contributed by atoms with Crippen LogP contribution in [0.5, 0.6) is 0 Å². The van der Waals surface area contributed by atoms with Crippen LogP contribution in [-0.2, 0) is 4.74 Å². The minimum atomic E-state index is -0.416. The van der Waals surface area contributed by atoms with Crippen LogP contribution < -0.4 is 0 Å². The lowest BCUT2D eigenvalue weighted by molar-refractivity contribution is 0.0344. The van der Waals surface area contributed by atoms with Gasteiger partial charge in [0.05, 0.1) is 6.10 Å². The molecule has 0 bridgehead atoms. The molecule has 0 saturated heterocycles. The number of carbonyl (C=O) groups excluding carboxylic acids is 1. The van der Waals surface area contributed by atoms with E-state index >= 15 is 0 Å². The average Bonchev–Trinajstić information content (AvgIpc) is 2.59. The first kappa shape index (κ1) is 11.4. The topological polar surface area (TPSA) is 39.4 Å². The van der Waals surface area contributed by atoms with Crippen molar-refractivity contribution in [3.05, 3.63) is 33.6 Å². The van der Waals surface area contributed by atoms with E-state index in [4.69, 9.17) is 9.15 Å². The van der Waals surface area contributed by atoms with Crippen LogP contribution in [0.1, 0.15) is 24.4 Å². The highest BCUT2D eigenvalue weighted by molar-refractivity contribution is 14.1. The maximum Gasteiger partial charge on any atom is 0.374 e. The lowest BCUT2D eigenvalue weighted by Gasteiger charge is -2.04. The molecule has 84 valence electrons. The first-order valence-corrected chi connectivity index (χ1v) is 6.04. The Morgan fingerprint density at radius 3 is 2.81 bits per heavy atom. The zero-order valence-electron chi connectivity index (χ0n) is 8.99. The largest absolute Gasteiger partial charge is 0.457 e. The van der Waals surface area contributed by atoms with Crippen LogP contribution in [0.25, 0.3) is 11.0 Å². The Morgan fingerprint density at radius 2 is 2.12 bits per heavy atom. The van der Waals surface area contributed by atoms with Gasteiger partial charge in [-0.1, -0.05) is 6.07 Å². The van der Waals surface area contributed by atoms with E-state index in [0.717, 1.165) is 8.96 Å². The highest BCUT2D eigenvalue weighted by atomic mass is 127.